The first-order valence-corrected chi connectivity index (χ1v) is 6.23. The van der Waals surface area contributed by atoms with Gasteiger partial charge in [-0.15, -0.1) is 0 Å². The van der Waals surface area contributed by atoms with Gasteiger partial charge in [0.15, 0.2) is 0 Å². The number of hydrogen-bond acceptors (Lipinski definition) is 2. The van der Waals surface area contributed by atoms with Crippen molar-refractivity contribution in [1.29, 1.82) is 0 Å². The summed E-state index contributed by atoms with van der Waals surface area (Å²) in [6.07, 6.45) is 14.5. The zero-order valence-corrected chi connectivity index (χ0v) is 11.0. The number of esters is 1. The smallest absolute Gasteiger partial charge is 0.330 e. The van der Waals surface area contributed by atoms with Gasteiger partial charge in [-0.25, -0.2) is 4.79 Å². The molecule has 0 aromatic heterocycles. The van der Waals surface area contributed by atoms with Gasteiger partial charge in [0.25, 0.3) is 0 Å². The van der Waals surface area contributed by atoms with E-state index in [9.17, 15) is 4.79 Å². The predicted octanol–water partition coefficient (Wildman–Crippen LogP) is 3.93. The first-order valence-electron chi connectivity index (χ1n) is 6.23. The second-order valence-electron chi connectivity index (χ2n) is 3.65. The second-order valence-corrected chi connectivity index (χ2v) is 3.65. The van der Waals surface area contributed by atoms with Crippen molar-refractivity contribution in [2.75, 3.05) is 6.61 Å². The SMILES string of the molecule is CCOC(=O)/C=C/C=C/C=C/C=C/c1ccccc1. The van der Waals surface area contributed by atoms with Crippen molar-refractivity contribution in [1.82, 2.24) is 0 Å². The van der Waals surface area contributed by atoms with Crippen LogP contribution in [0, 0.1) is 0 Å². The minimum absolute atomic E-state index is 0.319. The quantitative estimate of drug-likeness (QED) is 0.437. The average molecular weight is 254 g/mol. The molecule has 2 nitrogen and oxygen atoms in total. The van der Waals surface area contributed by atoms with E-state index in [1.807, 2.05) is 60.7 Å². The van der Waals surface area contributed by atoms with E-state index in [0.29, 0.717) is 6.61 Å². The van der Waals surface area contributed by atoms with Gasteiger partial charge in [-0.1, -0.05) is 72.9 Å². The molecule has 98 valence electrons. The van der Waals surface area contributed by atoms with Crippen molar-refractivity contribution in [2.45, 2.75) is 6.92 Å². The van der Waals surface area contributed by atoms with Crippen LogP contribution in [0.2, 0.25) is 0 Å². The Hall–Kier alpha value is -2.35. The van der Waals surface area contributed by atoms with Gasteiger partial charge >= 0.3 is 5.97 Å². The lowest BCUT2D eigenvalue weighted by molar-refractivity contribution is -0.137. The Morgan fingerprint density at radius 2 is 1.63 bits per heavy atom. The molecular weight excluding hydrogens is 236 g/mol. The molecule has 0 unspecified atom stereocenters. The van der Waals surface area contributed by atoms with Crippen molar-refractivity contribution < 1.29 is 9.53 Å². The number of carbonyl (C=O) groups excluding carboxylic acids is 1. The fraction of sp³-hybridized carbons (Fsp3) is 0.118. The predicted molar refractivity (Wildman–Crippen MR) is 79.5 cm³/mol. The molecule has 0 spiro atoms. The van der Waals surface area contributed by atoms with Gasteiger partial charge in [-0.2, -0.15) is 0 Å². The third-order valence-electron chi connectivity index (χ3n) is 2.16. The Morgan fingerprint density at radius 1 is 1.00 bits per heavy atom. The molecule has 0 N–H and O–H groups in total. The zero-order chi connectivity index (χ0) is 13.8. The van der Waals surface area contributed by atoms with E-state index in [-0.39, 0.29) is 5.97 Å². The molecule has 0 aliphatic rings. The van der Waals surface area contributed by atoms with Crippen LogP contribution in [0.5, 0.6) is 0 Å². The second kappa shape index (κ2) is 9.66. The summed E-state index contributed by atoms with van der Waals surface area (Å²) in [4.78, 5) is 11.0. The van der Waals surface area contributed by atoms with Gasteiger partial charge in [0.05, 0.1) is 6.61 Å². The van der Waals surface area contributed by atoms with Gasteiger partial charge in [0, 0.05) is 6.08 Å². The molecule has 1 rings (SSSR count). The normalized spacial score (nSPS) is 12.1. The molecule has 0 atom stereocenters. The van der Waals surface area contributed by atoms with E-state index >= 15 is 0 Å². The van der Waals surface area contributed by atoms with Crippen LogP contribution in [-0.2, 0) is 9.53 Å². The van der Waals surface area contributed by atoms with Gasteiger partial charge in [-0.05, 0) is 12.5 Å². The fourth-order valence-electron chi connectivity index (χ4n) is 1.31. The minimum Gasteiger partial charge on any atom is -0.463 e. The molecule has 19 heavy (non-hydrogen) atoms. The monoisotopic (exact) mass is 254 g/mol. The van der Waals surface area contributed by atoms with E-state index in [0.717, 1.165) is 0 Å². The van der Waals surface area contributed by atoms with E-state index in [1.54, 1.807) is 19.1 Å². The molecule has 0 aliphatic heterocycles. The topological polar surface area (TPSA) is 26.3 Å². The highest BCUT2D eigenvalue weighted by Crippen LogP contribution is 2.00. The zero-order valence-electron chi connectivity index (χ0n) is 11.0. The maximum absolute atomic E-state index is 11.0. The Kier molecular flexibility index (Phi) is 7.48. The van der Waals surface area contributed by atoms with E-state index in [2.05, 4.69) is 0 Å². The molecule has 0 aliphatic carbocycles. The summed E-state index contributed by atoms with van der Waals surface area (Å²) in [6, 6.07) is 10.1. The van der Waals surface area contributed by atoms with E-state index in [4.69, 9.17) is 4.74 Å². The lowest BCUT2D eigenvalue weighted by atomic mass is 10.2. The van der Waals surface area contributed by atoms with Gasteiger partial charge in [-0.3, -0.25) is 0 Å². The van der Waals surface area contributed by atoms with Crippen molar-refractivity contribution in [3.8, 4) is 0 Å². The number of ether oxygens (including phenoxy) is 1. The summed E-state index contributed by atoms with van der Waals surface area (Å²) in [7, 11) is 0. The maximum atomic E-state index is 11.0. The van der Waals surface area contributed by atoms with Crippen molar-refractivity contribution >= 4 is 12.0 Å². The molecule has 0 saturated heterocycles. The van der Waals surface area contributed by atoms with Gasteiger partial charge < -0.3 is 4.74 Å². The van der Waals surface area contributed by atoms with Gasteiger partial charge in [0.1, 0.15) is 0 Å². The number of carbonyl (C=O) groups is 1. The number of hydrogen-bond donors (Lipinski definition) is 0. The standard InChI is InChI=1S/C17H18O2/c1-2-19-17(18)15-11-6-4-3-5-8-12-16-13-9-7-10-14-16/h3-15H,2H2,1H3/b5-3+,6-4+,12-8+,15-11+. The molecule has 0 bridgehead atoms. The third-order valence-corrected chi connectivity index (χ3v) is 2.16. The van der Waals surface area contributed by atoms with Crippen molar-refractivity contribution in [3.05, 3.63) is 78.4 Å². The largest absolute Gasteiger partial charge is 0.463 e. The summed E-state index contributed by atoms with van der Waals surface area (Å²) < 4.78 is 4.75. The summed E-state index contributed by atoms with van der Waals surface area (Å²) >= 11 is 0. The Labute approximate surface area is 114 Å². The lowest BCUT2D eigenvalue weighted by Gasteiger charge is -1.92. The van der Waals surface area contributed by atoms with Crippen LogP contribution in [0.3, 0.4) is 0 Å². The molecule has 0 heterocycles. The summed E-state index contributed by atoms with van der Waals surface area (Å²) in [6.45, 7) is 2.18. The molecule has 0 amide bonds. The van der Waals surface area contributed by atoms with Crippen LogP contribution in [0.15, 0.2) is 72.9 Å². The molecule has 1 aromatic rings. The lowest BCUT2D eigenvalue weighted by Crippen LogP contribution is -1.98. The van der Waals surface area contributed by atoms with Gasteiger partial charge in [0.2, 0.25) is 0 Å². The van der Waals surface area contributed by atoms with Crippen LogP contribution in [0.4, 0.5) is 0 Å². The molecule has 0 fully saturated rings. The number of rotatable bonds is 6. The highest BCUT2D eigenvalue weighted by molar-refractivity contribution is 5.82. The molecule has 0 saturated carbocycles. The summed E-state index contributed by atoms with van der Waals surface area (Å²) in [5.41, 5.74) is 1.17. The molecule has 0 radical (unpaired) electrons. The maximum Gasteiger partial charge on any atom is 0.330 e. The summed E-state index contributed by atoms with van der Waals surface area (Å²) in [5.74, 6) is -0.319. The average Bonchev–Trinajstić information content (AvgIpc) is 2.43. The van der Waals surface area contributed by atoms with Crippen LogP contribution in [-0.4, -0.2) is 12.6 Å². The summed E-state index contributed by atoms with van der Waals surface area (Å²) in [5, 5.41) is 0. The highest BCUT2D eigenvalue weighted by atomic mass is 16.5. The van der Waals surface area contributed by atoms with Crippen molar-refractivity contribution in [3.63, 3.8) is 0 Å². The van der Waals surface area contributed by atoms with E-state index in [1.165, 1.54) is 11.6 Å². The number of allylic oxidation sites excluding steroid dienone is 6. The van der Waals surface area contributed by atoms with Crippen LogP contribution < -0.4 is 0 Å². The van der Waals surface area contributed by atoms with Crippen LogP contribution >= 0.6 is 0 Å². The third kappa shape index (κ3) is 7.55. The van der Waals surface area contributed by atoms with Crippen molar-refractivity contribution in [2.24, 2.45) is 0 Å². The Bertz CT molecular complexity index is 479. The Balaban J connectivity index is 2.30. The Morgan fingerprint density at radius 3 is 2.32 bits per heavy atom. The molecule has 2 heteroatoms. The molecule has 1 aromatic carbocycles. The highest BCUT2D eigenvalue weighted by Gasteiger charge is 1.89. The van der Waals surface area contributed by atoms with E-state index < -0.39 is 0 Å². The first kappa shape index (κ1) is 14.7. The molecular formula is C17H18O2. The number of benzene rings is 1. The van der Waals surface area contributed by atoms with Crippen LogP contribution in [0.1, 0.15) is 12.5 Å². The fourth-order valence-corrected chi connectivity index (χ4v) is 1.31. The minimum atomic E-state index is -0.319. The first-order chi connectivity index (χ1) is 9.33. The van der Waals surface area contributed by atoms with Crippen LogP contribution in [0.25, 0.3) is 6.08 Å².